The minimum Gasteiger partial charge on any atom is -1.00 e. The number of allylic oxidation sites excluding steroid dienone is 3. The molecule has 0 aromatic heterocycles. The molecule has 0 N–H and O–H groups in total. The number of hydrogen-bond donors (Lipinski definition) is 0. The topological polar surface area (TPSA) is 18.5 Å². The second-order valence-corrected chi connectivity index (χ2v) is 14.9. The van der Waals surface area contributed by atoms with E-state index in [1.54, 1.807) is 0 Å². The van der Waals surface area contributed by atoms with Crippen molar-refractivity contribution in [2.75, 3.05) is 13.2 Å². The molecule has 0 amide bonds. The summed E-state index contributed by atoms with van der Waals surface area (Å²) in [5.74, 6) is 0.975. The van der Waals surface area contributed by atoms with Gasteiger partial charge in [0.25, 0.3) is 0 Å². The fourth-order valence-electron chi connectivity index (χ4n) is 4.19. The molecule has 4 rings (SSSR count). The molecule has 0 atom stereocenters. The van der Waals surface area contributed by atoms with Gasteiger partial charge in [0.2, 0.25) is 0 Å². The Labute approximate surface area is 219 Å². The van der Waals surface area contributed by atoms with Gasteiger partial charge in [-0.3, -0.25) is 0 Å². The molecular weight excluding hydrogens is 535 g/mol. The molecule has 0 bridgehead atoms. The third-order valence-corrected chi connectivity index (χ3v) is 7.88. The van der Waals surface area contributed by atoms with Crippen LogP contribution in [0.3, 0.4) is 0 Å². The van der Waals surface area contributed by atoms with Crippen LogP contribution >= 0.6 is 0 Å². The van der Waals surface area contributed by atoms with Crippen LogP contribution in [0.4, 0.5) is 0 Å². The second kappa shape index (κ2) is 11.0. The van der Waals surface area contributed by atoms with Crippen molar-refractivity contribution in [3.05, 3.63) is 86.3 Å². The molecule has 2 aromatic carbocycles. The largest absolute Gasteiger partial charge is 1.00 e. The summed E-state index contributed by atoms with van der Waals surface area (Å²) in [5, 5.41) is 5.48. The zero-order valence-corrected chi connectivity index (χ0v) is 24.3. The summed E-state index contributed by atoms with van der Waals surface area (Å²) in [6.45, 7) is 12.3. The van der Waals surface area contributed by atoms with E-state index in [9.17, 15) is 0 Å². The Bertz CT molecular complexity index is 1290. The third-order valence-electron chi connectivity index (χ3n) is 5.53. The average molecular weight is 564 g/mol. The molecule has 0 aliphatic heterocycles. The van der Waals surface area contributed by atoms with Gasteiger partial charge in [0.05, 0.1) is 0 Å². The van der Waals surface area contributed by atoms with Gasteiger partial charge in [-0.05, 0) is 0 Å². The van der Waals surface area contributed by atoms with E-state index in [2.05, 4.69) is 82.0 Å². The van der Waals surface area contributed by atoms with Gasteiger partial charge in [-0.25, -0.2) is 0 Å². The molecule has 0 heterocycles. The maximum absolute atomic E-state index is 6.03. The molecule has 0 saturated carbocycles. The minimum atomic E-state index is -1.49. The fourth-order valence-corrected chi connectivity index (χ4v) is 6.06. The fraction of sp³-hybridized carbons (Fsp3) is 0.308. The van der Waals surface area contributed by atoms with Crippen molar-refractivity contribution in [1.29, 1.82) is 0 Å². The van der Waals surface area contributed by atoms with Crippen LogP contribution in [0, 0.1) is 10.4 Å². The zero-order chi connectivity index (χ0) is 21.5. The molecule has 0 saturated heterocycles. The molecule has 0 unspecified atom stereocenters. The van der Waals surface area contributed by atoms with Gasteiger partial charge in [0.1, 0.15) is 0 Å². The van der Waals surface area contributed by atoms with Gasteiger partial charge in [-0.1, -0.05) is 0 Å². The summed E-state index contributed by atoms with van der Waals surface area (Å²) in [5.41, 5.74) is 5.53. The Morgan fingerprint density at radius 1 is 0.906 bits per heavy atom. The van der Waals surface area contributed by atoms with Crippen LogP contribution in [0.25, 0.3) is 14.4 Å². The number of benzene rings is 2. The molecule has 0 fully saturated rings. The Hall–Kier alpha value is -0.900. The molecule has 6 heteroatoms. The minimum absolute atomic E-state index is 0. The van der Waals surface area contributed by atoms with Gasteiger partial charge >= 0.3 is 196 Å². The van der Waals surface area contributed by atoms with Crippen LogP contribution in [0.15, 0.2) is 54.3 Å². The summed E-state index contributed by atoms with van der Waals surface area (Å²) in [4.78, 5) is 0. The van der Waals surface area contributed by atoms with Gasteiger partial charge in [0, 0.05) is 0 Å². The van der Waals surface area contributed by atoms with E-state index in [0.29, 0.717) is 13.2 Å². The predicted molar refractivity (Wildman–Crippen MR) is 123 cm³/mol. The van der Waals surface area contributed by atoms with E-state index >= 15 is 0 Å². The van der Waals surface area contributed by atoms with Crippen LogP contribution in [0.1, 0.15) is 31.4 Å². The number of hydrogen-bond acceptors (Lipinski definition) is 2. The average Bonchev–Trinajstić information content (AvgIpc) is 3.28. The van der Waals surface area contributed by atoms with Crippen molar-refractivity contribution in [2.24, 2.45) is 0 Å². The van der Waals surface area contributed by atoms with E-state index < -0.39 is 8.32 Å². The number of ether oxygens (including phenoxy) is 1. The Morgan fingerprint density at radius 2 is 1.59 bits per heavy atom. The smallest absolute Gasteiger partial charge is 1.00 e. The second-order valence-electron chi connectivity index (χ2n) is 9.12. The van der Waals surface area contributed by atoms with Gasteiger partial charge in [-0.2, -0.15) is 0 Å². The van der Waals surface area contributed by atoms with Crippen LogP contribution < -0.4 is 35.3 Å². The first-order chi connectivity index (χ1) is 14.3. The van der Waals surface area contributed by atoms with Crippen LogP contribution in [-0.4, -0.2) is 21.5 Å². The summed E-state index contributed by atoms with van der Waals surface area (Å²) < 4.78 is 13.4. The Morgan fingerprint density at radius 3 is 2.25 bits per heavy atom. The quantitative estimate of drug-likeness (QED) is 0.323. The van der Waals surface area contributed by atoms with Crippen LogP contribution in [0.5, 0.6) is 0 Å². The molecule has 32 heavy (non-hydrogen) atoms. The van der Waals surface area contributed by atoms with Crippen LogP contribution in [-0.2, 0) is 33.9 Å². The van der Waals surface area contributed by atoms with E-state index in [1.165, 1.54) is 71.1 Å². The summed E-state index contributed by atoms with van der Waals surface area (Å²) in [7, 11) is -1.49. The molecule has 0 radical (unpaired) electrons. The van der Waals surface area contributed by atoms with Crippen molar-refractivity contribution < 1.29 is 58.7 Å². The Balaban J connectivity index is 0.00000181. The zero-order valence-electron chi connectivity index (χ0n) is 19.3. The van der Waals surface area contributed by atoms with E-state index in [4.69, 9.17) is 9.16 Å². The first-order valence-electron chi connectivity index (χ1n) is 10.6. The summed E-state index contributed by atoms with van der Waals surface area (Å²) in [6, 6.07) is 13.4. The normalized spacial score (nSPS) is 14.0. The first-order valence-corrected chi connectivity index (χ1v) is 15.2. The molecule has 2 aliphatic carbocycles. The molecule has 2 aromatic rings. The summed E-state index contributed by atoms with van der Waals surface area (Å²) in [6.07, 6.45) is 5.37. The number of halogens is 2. The molecule has 0 spiro atoms. The maximum atomic E-state index is 6.03. The van der Waals surface area contributed by atoms with Crippen molar-refractivity contribution in [3.63, 3.8) is 0 Å². The van der Waals surface area contributed by atoms with Crippen molar-refractivity contribution in [2.45, 2.75) is 39.9 Å². The monoisotopic (exact) mass is 561 g/mol. The van der Waals surface area contributed by atoms with Gasteiger partial charge in [-0.15, -0.1) is 0 Å². The standard InChI is InChI=1S/C26H29O2Si.2ClH.Zr/c1-18(2)22-12-13-24-23-9-7-6-8-19(23)17-25(24)26(22)20-10-11-21(16-20)27-14-15-28-29(3,4)5;;;/h6-9,11-13,16H,10,14-15H2,1-5H3;2*1H;/q;;;+2/p-2. The number of rotatable bonds is 6. The maximum Gasteiger partial charge on any atom is -1.00 e. The predicted octanol–water partition coefficient (Wildman–Crippen LogP) is -1.27. The molecular formula is C26H29Cl2O2SiZr. The van der Waals surface area contributed by atoms with Gasteiger partial charge < -0.3 is 24.8 Å². The first kappa shape index (κ1) is 27.3. The van der Waals surface area contributed by atoms with E-state index in [-0.39, 0.29) is 24.8 Å². The third kappa shape index (κ3) is 5.59. The van der Waals surface area contributed by atoms with Gasteiger partial charge in [0.15, 0.2) is 0 Å². The van der Waals surface area contributed by atoms with Crippen molar-refractivity contribution in [1.82, 2.24) is 0 Å². The summed E-state index contributed by atoms with van der Waals surface area (Å²) >= 11 is 1.46. The Kier molecular flexibility index (Phi) is 9.41. The molecule has 2 aliphatic rings. The van der Waals surface area contributed by atoms with E-state index in [1.807, 2.05) is 0 Å². The van der Waals surface area contributed by atoms with Crippen molar-refractivity contribution in [3.8, 4) is 0 Å². The molecule has 167 valence electrons. The molecule has 2 nitrogen and oxygen atoms in total. The number of fused-ring (bicyclic) bond motifs is 2. The van der Waals surface area contributed by atoms with Crippen molar-refractivity contribution >= 4 is 22.7 Å². The van der Waals surface area contributed by atoms with Crippen LogP contribution in [0.2, 0.25) is 19.6 Å². The van der Waals surface area contributed by atoms with E-state index in [0.717, 1.165) is 12.2 Å². The SMILES string of the molecule is CC(C)=c1ccc2c(c1C1=CC(OCCO[Si](C)(C)C)=CC1)[C]([Zr+2])=c1ccccc1=2.[Cl-].[Cl-].